The number of hydrogen-bond donors (Lipinski definition) is 1. The van der Waals surface area contributed by atoms with Crippen LogP contribution in [0.15, 0.2) is 138 Å². The zero-order valence-corrected chi connectivity index (χ0v) is 27.7. The predicted molar refractivity (Wildman–Crippen MR) is 188 cm³/mol. The Balaban J connectivity index is 0.000000255. The molecule has 0 aliphatic carbocycles. The fraction of sp³-hybridized carbons (Fsp3) is 0.0476. The average Bonchev–Trinajstić information content (AvgIpc) is 3.51. The Bertz CT molecular complexity index is 2420. The van der Waals surface area contributed by atoms with Crippen LogP contribution in [0.4, 0.5) is 11.4 Å². The van der Waals surface area contributed by atoms with Gasteiger partial charge < -0.3 is 19.7 Å². The van der Waals surface area contributed by atoms with Gasteiger partial charge in [0.05, 0.1) is 0 Å². The topological polar surface area (TPSA) is 51.0 Å². The Labute approximate surface area is 291 Å². The van der Waals surface area contributed by atoms with Gasteiger partial charge in [-0.3, -0.25) is 0 Å². The summed E-state index contributed by atoms with van der Waals surface area (Å²) in [5.41, 5.74) is 12.8. The van der Waals surface area contributed by atoms with Crippen molar-refractivity contribution in [3.8, 4) is 44.8 Å². The van der Waals surface area contributed by atoms with E-state index in [1.165, 1.54) is 6.20 Å². The van der Waals surface area contributed by atoms with E-state index in [4.69, 9.17) is 8.53 Å². The normalized spacial score (nSPS) is 12.4. The molecule has 0 fully saturated rings. The van der Waals surface area contributed by atoms with Gasteiger partial charge in [0.1, 0.15) is 11.2 Å². The molecule has 5 heteroatoms. The van der Waals surface area contributed by atoms with Crippen molar-refractivity contribution in [2.24, 2.45) is 0 Å². The zero-order chi connectivity index (χ0) is 33.5. The van der Waals surface area contributed by atoms with Crippen LogP contribution in [0.25, 0.3) is 66.7 Å². The molecule has 5 aromatic carbocycles. The summed E-state index contributed by atoms with van der Waals surface area (Å²) in [7, 11) is 0. The van der Waals surface area contributed by atoms with E-state index in [9.17, 15) is 0 Å². The van der Waals surface area contributed by atoms with Crippen LogP contribution in [0.2, 0.25) is 0 Å². The summed E-state index contributed by atoms with van der Waals surface area (Å²) in [6.45, 7) is -0.0438. The molecule has 9 rings (SSSR count). The van der Waals surface area contributed by atoms with Crippen molar-refractivity contribution in [1.29, 1.82) is 0 Å². The first-order valence-corrected chi connectivity index (χ1v) is 15.1. The molecular formula is C42H29IrN3O-2. The molecule has 1 aliphatic rings. The third-order valence-electron chi connectivity index (χ3n) is 8.32. The molecule has 4 heterocycles. The van der Waals surface area contributed by atoms with Gasteiger partial charge in [0, 0.05) is 64.2 Å². The Hall–Kier alpha value is -5.35. The molecule has 0 unspecified atom stereocenters. The van der Waals surface area contributed by atoms with E-state index in [0.29, 0.717) is 5.69 Å². The van der Waals surface area contributed by atoms with E-state index < -0.39 is 6.85 Å². The third-order valence-corrected chi connectivity index (χ3v) is 8.32. The van der Waals surface area contributed by atoms with Crippen molar-refractivity contribution >= 4 is 33.3 Å². The third kappa shape index (κ3) is 5.65. The second-order valence-electron chi connectivity index (χ2n) is 11.2. The molecule has 0 saturated carbocycles. The SMILES string of the molecule is [2H]C([2H])([2H])c1ccc(-c2[c-]cc3c(c2)-c2cc4c(oc5ccccc54)c(c2C)-c2ccccc2N3)nc1.[Ir].[c-]1ccccc1-c1ccccn1. The number of furan rings is 1. The fourth-order valence-corrected chi connectivity index (χ4v) is 6.10. The maximum Gasteiger partial charge on any atom is 0.143 e. The molecule has 3 aromatic heterocycles. The molecule has 0 saturated heterocycles. The van der Waals surface area contributed by atoms with Crippen LogP contribution in [-0.4, -0.2) is 9.97 Å². The van der Waals surface area contributed by atoms with Crippen LogP contribution in [0.5, 0.6) is 0 Å². The molecule has 0 spiro atoms. The number of nitrogens with zero attached hydrogens (tertiary/aromatic N) is 2. The summed E-state index contributed by atoms with van der Waals surface area (Å²) in [5, 5.41) is 5.78. The standard InChI is InChI=1S/C31H21N2O.C11H8N.Ir/c1-18-11-13-26(32-17-18)20-12-14-28-24(15-20)23-16-25-21-7-4-6-10-29(21)34-31(25)30(19(23)2)22-8-3-5-9-27(22)33-28;1-2-6-10(7-3-1)11-8-4-5-9-12-11;/h3-11,13-17,33H,1-2H3;1-6,8-9H;/q2*-1;/i1D3;;. The van der Waals surface area contributed by atoms with Crippen molar-refractivity contribution in [3.05, 3.63) is 157 Å². The Morgan fingerprint density at radius 3 is 2.34 bits per heavy atom. The molecule has 1 radical (unpaired) electrons. The second-order valence-corrected chi connectivity index (χ2v) is 11.2. The van der Waals surface area contributed by atoms with Gasteiger partial charge >= 0.3 is 0 Å². The maximum absolute atomic E-state index is 7.64. The number of nitrogens with one attached hydrogen (secondary N) is 1. The Kier molecular flexibility index (Phi) is 7.31. The quantitative estimate of drug-likeness (QED) is 0.177. The second kappa shape index (κ2) is 12.8. The van der Waals surface area contributed by atoms with Crippen molar-refractivity contribution in [2.75, 3.05) is 5.32 Å². The molecule has 1 aliphatic heterocycles. The van der Waals surface area contributed by atoms with E-state index in [2.05, 4.69) is 64.7 Å². The Morgan fingerprint density at radius 2 is 1.53 bits per heavy atom. The Morgan fingerprint density at radius 1 is 0.702 bits per heavy atom. The number of anilines is 2. The van der Waals surface area contributed by atoms with Gasteiger partial charge in [-0.25, -0.2) is 0 Å². The predicted octanol–water partition coefficient (Wildman–Crippen LogP) is 11.0. The van der Waals surface area contributed by atoms with Crippen molar-refractivity contribution in [1.82, 2.24) is 9.97 Å². The van der Waals surface area contributed by atoms with Gasteiger partial charge in [0.15, 0.2) is 0 Å². The summed E-state index contributed by atoms with van der Waals surface area (Å²) >= 11 is 0. The maximum atomic E-state index is 7.64. The molecule has 1 N–H and O–H groups in total. The van der Waals surface area contributed by atoms with Crippen molar-refractivity contribution < 1.29 is 28.6 Å². The largest absolute Gasteiger partial charge is 0.455 e. The smallest absolute Gasteiger partial charge is 0.143 e. The zero-order valence-electron chi connectivity index (χ0n) is 28.3. The monoisotopic (exact) mass is 787 g/mol. The minimum absolute atomic E-state index is 0. The number of pyridine rings is 2. The number of fused-ring (bicyclic) bond motifs is 10. The summed E-state index contributed by atoms with van der Waals surface area (Å²) in [4.78, 5) is 8.67. The van der Waals surface area contributed by atoms with E-state index in [1.54, 1.807) is 18.3 Å². The average molecular weight is 787 g/mol. The minimum atomic E-state index is -2.19. The number of benzene rings is 5. The van der Waals surface area contributed by atoms with Crippen molar-refractivity contribution in [2.45, 2.75) is 13.8 Å². The summed E-state index contributed by atoms with van der Waals surface area (Å²) in [6.07, 6.45) is 3.21. The first-order chi connectivity index (χ1) is 23.8. The van der Waals surface area contributed by atoms with Crippen LogP contribution < -0.4 is 5.32 Å². The number of rotatable bonds is 2. The number of aryl methyl sites for hydroxylation is 1. The van der Waals surface area contributed by atoms with E-state index >= 15 is 0 Å². The van der Waals surface area contributed by atoms with Gasteiger partial charge in [0.25, 0.3) is 0 Å². The molecule has 0 atom stereocenters. The first kappa shape index (κ1) is 26.8. The van der Waals surface area contributed by atoms with Crippen LogP contribution in [0.3, 0.4) is 0 Å². The van der Waals surface area contributed by atoms with Gasteiger partial charge in [-0.2, -0.15) is 0 Å². The molecular weight excluding hydrogens is 755 g/mol. The molecule has 229 valence electrons. The van der Waals surface area contributed by atoms with Crippen LogP contribution in [-0.2, 0) is 20.1 Å². The van der Waals surface area contributed by atoms with Gasteiger partial charge in [-0.05, 0) is 71.8 Å². The van der Waals surface area contributed by atoms with Crippen molar-refractivity contribution in [3.63, 3.8) is 0 Å². The first-order valence-electron chi connectivity index (χ1n) is 16.6. The summed E-state index contributed by atoms with van der Waals surface area (Å²) < 4.78 is 29.3. The van der Waals surface area contributed by atoms with Gasteiger partial charge in [0.2, 0.25) is 0 Å². The van der Waals surface area contributed by atoms with Crippen LogP contribution in [0, 0.1) is 25.9 Å². The summed E-state index contributed by atoms with van der Waals surface area (Å²) in [5.74, 6) is 0. The fourth-order valence-electron chi connectivity index (χ4n) is 6.10. The number of hydrogen-bond acceptors (Lipinski definition) is 4. The number of aromatic nitrogens is 2. The van der Waals surface area contributed by atoms with Crippen LogP contribution in [0.1, 0.15) is 15.2 Å². The molecule has 0 amide bonds. The number of para-hydroxylation sites is 2. The van der Waals surface area contributed by atoms with Gasteiger partial charge in [-0.1, -0.05) is 66.2 Å². The molecule has 4 nitrogen and oxygen atoms in total. The minimum Gasteiger partial charge on any atom is -0.455 e. The van der Waals surface area contributed by atoms with E-state index in [-0.39, 0.29) is 25.7 Å². The summed E-state index contributed by atoms with van der Waals surface area (Å²) in [6, 6.07) is 46.2. The molecule has 47 heavy (non-hydrogen) atoms. The van der Waals surface area contributed by atoms with Crippen LogP contribution >= 0.6 is 0 Å². The van der Waals surface area contributed by atoms with Gasteiger partial charge in [-0.15, -0.1) is 59.7 Å². The molecule has 2 bridgehead atoms. The van der Waals surface area contributed by atoms with E-state index in [1.807, 2.05) is 78.9 Å². The molecule has 8 aromatic rings. The van der Waals surface area contributed by atoms with E-state index in [0.717, 1.165) is 78.0 Å².